The Labute approximate surface area is 73.4 Å². The van der Waals surface area contributed by atoms with E-state index in [1.807, 2.05) is 20.1 Å². The zero-order valence-corrected chi connectivity index (χ0v) is 7.78. The highest BCUT2D eigenvalue weighted by Gasteiger charge is 2.03. The van der Waals surface area contributed by atoms with E-state index in [-0.39, 0.29) is 0 Å². The second-order valence-electron chi connectivity index (χ2n) is 2.98. The van der Waals surface area contributed by atoms with E-state index >= 15 is 0 Å². The summed E-state index contributed by atoms with van der Waals surface area (Å²) in [6.07, 6.45) is 7.84. The van der Waals surface area contributed by atoms with E-state index in [0.717, 1.165) is 0 Å². The van der Waals surface area contributed by atoms with Crippen LogP contribution in [0.4, 0.5) is 0 Å². The molecule has 1 unspecified atom stereocenters. The maximum Gasteiger partial charge on any atom is 0.0530 e. The quantitative estimate of drug-likeness (QED) is 0.523. The molecule has 1 heterocycles. The lowest BCUT2D eigenvalue weighted by atomic mass is 9.99. The topological polar surface area (TPSA) is 24.7 Å². The molecule has 1 rings (SSSR count). The Morgan fingerprint density at radius 2 is 2.00 bits per heavy atom. The highest BCUT2D eigenvalue weighted by molar-refractivity contribution is 5.84. The number of nitrogens with zero attached hydrogens (tertiary/aromatic N) is 2. The first-order valence-corrected chi connectivity index (χ1v) is 4.15. The van der Waals surface area contributed by atoms with Gasteiger partial charge in [-0.1, -0.05) is 19.1 Å². The summed E-state index contributed by atoms with van der Waals surface area (Å²) in [5.74, 6) is 0.436. The molecule has 0 fully saturated rings. The molecule has 2 nitrogen and oxygen atoms in total. The predicted molar refractivity (Wildman–Crippen MR) is 53.7 cm³/mol. The largest absolute Gasteiger partial charge is 0.159 e. The molecule has 1 atom stereocenters. The van der Waals surface area contributed by atoms with Gasteiger partial charge in [0, 0.05) is 5.92 Å². The molecule has 12 heavy (non-hydrogen) atoms. The van der Waals surface area contributed by atoms with Crippen LogP contribution in [0.3, 0.4) is 0 Å². The second kappa shape index (κ2) is 4.00. The average molecular weight is 162 g/mol. The monoisotopic (exact) mass is 162 g/mol. The van der Waals surface area contributed by atoms with Crippen LogP contribution in [0.25, 0.3) is 0 Å². The summed E-state index contributed by atoms with van der Waals surface area (Å²) in [5, 5.41) is 7.80. The Hall–Kier alpha value is -1.18. The van der Waals surface area contributed by atoms with Crippen molar-refractivity contribution in [2.75, 3.05) is 0 Å². The molecule has 0 saturated heterocycles. The molecule has 1 aliphatic rings. The highest BCUT2D eigenvalue weighted by Crippen LogP contribution is 2.13. The average Bonchev–Trinajstić information content (AvgIpc) is 2.01. The molecule has 0 aliphatic carbocycles. The molecule has 0 spiro atoms. The zero-order chi connectivity index (χ0) is 8.97. The summed E-state index contributed by atoms with van der Waals surface area (Å²) in [7, 11) is 0. The van der Waals surface area contributed by atoms with Crippen LogP contribution < -0.4 is 0 Å². The minimum Gasteiger partial charge on any atom is -0.159 e. The van der Waals surface area contributed by atoms with Gasteiger partial charge in [-0.05, 0) is 25.0 Å². The van der Waals surface area contributed by atoms with Crippen molar-refractivity contribution in [2.45, 2.75) is 20.8 Å². The van der Waals surface area contributed by atoms with E-state index in [1.165, 1.54) is 11.1 Å². The van der Waals surface area contributed by atoms with Crippen molar-refractivity contribution in [1.29, 1.82) is 0 Å². The summed E-state index contributed by atoms with van der Waals surface area (Å²) in [6, 6.07) is 0. The molecule has 0 N–H and O–H groups in total. The van der Waals surface area contributed by atoms with Crippen molar-refractivity contribution in [3.63, 3.8) is 0 Å². The molecule has 0 amide bonds. The normalized spacial score (nSPS) is 36.4. The minimum absolute atomic E-state index is 0.436. The Bertz CT molecular complexity index is 270. The summed E-state index contributed by atoms with van der Waals surface area (Å²) in [5.41, 5.74) is 2.38. The van der Waals surface area contributed by atoms with E-state index in [0.29, 0.717) is 5.92 Å². The van der Waals surface area contributed by atoms with Gasteiger partial charge in [0.1, 0.15) is 0 Å². The van der Waals surface area contributed by atoms with E-state index in [2.05, 4.69) is 29.3 Å². The fraction of sp³-hybridized carbons (Fsp3) is 0.400. The van der Waals surface area contributed by atoms with Crippen molar-refractivity contribution >= 4 is 12.4 Å². The first-order chi connectivity index (χ1) is 5.74. The smallest absolute Gasteiger partial charge is 0.0530 e. The van der Waals surface area contributed by atoms with Crippen LogP contribution in [0.5, 0.6) is 0 Å². The van der Waals surface area contributed by atoms with E-state index in [1.54, 1.807) is 6.21 Å². The molecular formula is C10H14N2. The summed E-state index contributed by atoms with van der Waals surface area (Å²) in [6.45, 7) is 6.21. The molecule has 1 aliphatic heterocycles. The zero-order valence-electron chi connectivity index (χ0n) is 7.78. The Balaban J connectivity index is 2.98. The van der Waals surface area contributed by atoms with Crippen molar-refractivity contribution in [1.82, 2.24) is 0 Å². The van der Waals surface area contributed by atoms with Crippen LogP contribution >= 0.6 is 0 Å². The molecule has 2 heteroatoms. The maximum absolute atomic E-state index is 3.92. The molecule has 0 saturated carbocycles. The van der Waals surface area contributed by atoms with E-state index in [9.17, 15) is 0 Å². The van der Waals surface area contributed by atoms with Gasteiger partial charge in [-0.2, -0.15) is 10.2 Å². The van der Waals surface area contributed by atoms with Crippen LogP contribution in [-0.2, 0) is 0 Å². The molecule has 0 radical (unpaired) electrons. The number of allylic oxidation sites excluding steroid dienone is 4. The summed E-state index contributed by atoms with van der Waals surface area (Å²) in [4.78, 5) is 0. The Morgan fingerprint density at radius 3 is 2.67 bits per heavy atom. The van der Waals surface area contributed by atoms with Gasteiger partial charge in [0.25, 0.3) is 0 Å². The van der Waals surface area contributed by atoms with E-state index < -0.39 is 0 Å². The van der Waals surface area contributed by atoms with Gasteiger partial charge < -0.3 is 0 Å². The van der Waals surface area contributed by atoms with Gasteiger partial charge in [0.05, 0.1) is 12.4 Å². The Kier molecular flexibility index (Phi) is 2.97. The molecule has 0 aromatic heterocycles. The van der Waals surface area contributed by atoms with Crippen LogP contribution in [0.2, 0.25) is 0 Å². The van der Waals surface area contributed by atoms with Gasteiger partial charge >= 0.3 is 0 Å². The molecule has 0 bridgehead atoms. The first-order valence-electron chi connectivity index (χ1n) is 4.15. The fourth-order valence-corrected chi connectivity index (χ4v) is 1.21. The van der Waals surface area contributed by atoms with Crippen LogP contribution in [-0.4, -0.2) is 12.4 Å². The summed E-state index contributed by atoms with van der Waals surface area (Å²) >= 11 is 0. The lowest BCUT2D eigenvalue weighted by Crippen LogP contribution is -2.00. The second-order valence-corrected chi connectivity index (χ2v) is 2.98. The fourth-order valence-electron chi connectivity index (χ4n) is 1.21. The third kappa shape index (κ3) is 2.16. The van der Waals surface area contributed by atoms with Crippen LogP contribution in [0.15, 0.2) is 33.5 Å². The van der Waals surface area contributed by atoms with Crippen molar-refractivity contribution < 1.29 is 0 Å². The first kappa shape index (κ1) is 8.91. The molecule has 0 aromatic carbocycles. The molecule has 0 aromatic rings. The van der Waals surface area contributed by atoms with Gasteiger partial charge in [-0.3, -0.25) is 0 Å². The standard InChI is InChI=1S/C10H14N2/c1-4-10-7-12-11-6-8(2)5-9(10)3/h4-7,9H,1-3H3/b8-5+,10-4-,11-6-,12-7-. The van der Waals surface area contributed by atoms with Crippen LogP contribution in [0, 0.1) is 5.92 Å². The third-order valence-corrected chi connectivity index (χ3v) is 1.91. The van der Waals surface area contributed by atoms with Gasteiger partial charge in [-0.15, -0.1) is 0 Å². The highest BCUT2D eigenvalue weighted by atomic mass is 15.2. The SMILES string of the molecule is C/C=C1/C=N\N=C/C(C)=C/C1C. The lowest BCUT2D eigenvalue weighted by Gasteiger charge is -2.08. The molecular weight excluding hydrogens is 148 g/mol. The number of hydrogen-bond donors (Lipinski definition) is 0. The maximum atomic E-state index is 3.92. The van der Waals surface area contributed by atoms with Crippen molar-refractivity contribution in [3.05, 3.63) is 23.3 Å². The van der Waals surface area contributed by atoms with Crippen LogP contribution in [0.1, 0.15) is 20.8 Å². The number of hydrogen-bond acceptors (Lipinski definition) is 2. The van der Waals surface area contributed by atoms with Gasteiger partial charge in [0.15, 0.2) is 0 Å². The summed E-state index contributed by atoms with van der Waals surface area (Å²) < 4.78 is 0. The minimum atomic E-state index is 0.436. The Morgan fingerprint density at radius 1 is 1.33 bits per heavy atom. The third-order valence-electron chi connectivity index (χ3n) is 1.91. The lowest BCUT2D eigenvalue weighted by molar-refractivity contribution is 0.896. The van der Waals surface area contributed by atoms with Crippen molar-refractivity contribution in [3.8, 4) is 0 Å². The van der Waals surface area contributed by atoms with Gasteiger partial charge in [-0.25, -0.2) is 0 Å². The van der Waals surface area contributed by atoms with Crippen molar-refractivity contribution in [2.24, 2.45) is 16.1 Å². The van der Waals surface area contributed by atoms with Gasteiger partial charge in [0.2, 0.25) is 0 Å². The molecule has 64 valence electrons. The predicted octanol–water partition coefficient (Wildman–Crippen LogP) is 2.59. The van der Waals surface area contributed by atoms with E-state index in [4.69, 9.17) is 0 Å². The number of rotatable bonds is 0.